The van der Waals surface area contributed by atoms with Crippen LogP contribution in [0.25, 0.3) is 0 Å². The Balaban J connectivity index is 2.23. The van der Waals surface area contributed by atoms with E-state index >= 15 is 0 Å². The van der Waals surface area contributed by atoms with Crippen LogP contribution < -0.4 is 15.4 Å². The van der Waals surface area contributed by atoms with E-state index in [2.05, 4.69) is 29.7 Å². The minimum Gasteiger partial charge on any atom is -0.496 e. The van der Waals surface area contributed by atoms with Gasteiger partial charge < -0.3 is 20.5 Å². The molecule has 0 fully saturated rings. The Morgan fingerprint density at radius 1 is 1.45 bits per heavy atom. The highest BCUT2D eigenvalue weighted by molar-refractivity contribution is 5.45. The lowest BCUT2D eigenvalue weighted by molar-refractivity contribution is 0.291. The predicted octanol–water partition coefficient (Wildman–Crippen LogP) is 1.76. The van der Waals surface area contributed by atoms with E-state index in [1.807, 2.05) is 0 Å². The number of rotatable bonds is 7. The molecule has 0 bridgehead atoms. The summed E-state index contributed by atoms with van der Waals surface area (Å²) in [5, 5.41) is 15.7. The van der Waals surface area contributed by atoms with Crippen LogP contribution >= 0.6 is 0 Å². The summed E-state index contributed by atoms with van der Waals surface area (Å²) in [6, 6.07) is 4.91. The zero-order valence-electron chi connectivity index (χ0n) is 12.5. The topological polar surface area (TPSA) is 53.5 Å². The third kappa shape index (κ3) is 3.51. The van der Waals surface area contributed by atoms with Crippen molar-refractivity contribution in [3.05, 3.63) is 28.8 Å². The van der Waals surface area contributed by atoms with Crippen LogP contribution in [0.2, 0.25) is 0 Å². The molecular weight excluding hydrogens is 252 g/mol. The molecule has 0 spiro atoms. The molecule has 0 aliphatic carbocycles. The van der Waals surface area contributed by atoms with Crippen molar-refractivity contribution in [1.29, 1.82) is 0 Å². The number of hydrogen-bond acceptors (Lipinski definition) is 4. The third-order valence-electron chi connectivity index (χ3n) is 3.88. The Morgan fingerprint density at radius 2 is 2.30 bits per heavy atom. The molecule has 20 heavy (non-hydrogen) atoms. The van der Waals surface area contributed by atoms with Crippen LogP contribution in [0.3, 0.4) is 0 Å². The summed E-state index contributed by atoms with van der Waals surface area (Å²) in [6.07, 6.45) is 3.42. The second-order valence-electron chi connectivity index (χ2n) is 5.31. The maximum atomic E-state index is 8.85. The van der Waals surface area contributed by atoms with Crippen LogP contribution in [0.4, 0.5) is 0 Å². The van der Waals surface area contributed by atoms with Crippen molar-refractivity contribution < 1.29 is 9.84 Å². The van der Waals surface area contributed by atoms with Crippen LogP contribution in [0.5, 0.6) is 5.75 Å². The van der Waals surface area contributed by atoms with E-state index in [1.165, 1.54) is 23.1 Å². The highest BCUT2D eigenvalue weighted by Gasteiger charge is 2.21. The van der Waals surface area contributed by atoms with Crippen molar-refractivity contribution in [3.63, 3.8) is 0 Å². The maximum Gasteiger partial charge on any atom is 0.123 e. The number of nitrogens with one attached hydrogen (secondary N) is 2. The van der Waals surface area contributed by atoms with Gasteiger partial charge in [-0.3, -0.25) is 0 Å². The molecule has 0 aromatic heterocycles. The normalized spacial score (nSPS) is 17.9. The van der Waals surface area contributed by atoms with Crippen LogP contribution in [0.1, 0.15) is 42.5 Å². The minimum atomic E-state index is 0.162. The zero-order chi connectivity index (χ0) is 14.4. The number of ether oxygens (including phenoxy) is 1. The first-order chi connectivity index (χ1) is 9.80. The second-order valence-corrected chi connectivity index (χ2v) is 5.31. The highest BCUT2D eigenvalue weighted by atomic mass is 16.5. The highest BCUT2D eigenvalue weighted by Crippen LogP contribution is 2.32. The van der Waals surface area contributed by atoms with Crippen LogP contribution in [0.15, 0.2) is 12.1 Å². The Hall–Kier alpha value is -1.10. The molecule has 2 rings (SSSR count). The summed E-state index contributed by atoms with van der Waals surface area (Å²) < 4.78 is 5.54. The maximum absolute atomic E-state index is 8.85. The SMILES string of the molecule is CCCC1NCCc2cc(CNCCO)c(OC)cc21. The molecule has 1 heterocycles. The van der Waals surface area contributed by atoms with Gasteiger partial charge >= 0.3 is 0 Å². The van der Waals surface area contributed by atoms with Crippen molar-refractivity contribution in [3.8, 4) is 5.75 Å². The number of fused-ring (bicyclic) bond motifs is 1. The molecule has 1 aliphatic heterocycles. The van der Waals surface area contributed by atoms with Gasteiger partial charge in [0.1, 0.15) is 5.75 Å². The Bertz CT molecular complexity index is 435. The molecule has 112 valence electrons. The lowest BCUT2D eigenvalue weighted by Crippen LogP contribution is -2.30. The molecular formula is C16H26N2O2. The summed E-state index contributed by atoms with van der Waals surface area (Å²) in [5.74, 6) is 0.944. The molecule has 0 amide bonds. The largest absolute Gasteiger partial charge is 0.496 e. The Labute approximate surface area is 121 Å². The number of benzene rings is 1. The van der Waals surface area contributed by atoms with Crippen molar-refractivity contribution in [2.75, 3.05) is 26.8 Å². The van der Waals surface area contributed by atoms with Crippen molar-refractivity contribution in [2.24, 2.45) is 0 Å². The lowest BCUT2D eigenvalue weighted by atomic mass is 9.90. The molecule has 0 saturated heterocycles. The smallest absolute Gasteiger partial charge is 0.123 e. The fraction of sp³-hybridized carbons (Fsp3) is 0.625. The summed E-state index contributed by atoms with van der Waals surface area (Å²) in [5.41, 5.74) is 4.00. The molecule has 1 aromatic carbocycles. The summed E-state index contributed by atoms with van der Waals surface area (Å²) in [7, 11) is 1.72. The van der Waals surface area contributed by atoms with Gasteiger partial charge in [0.2, 0.25) is 0 Å². The summed E-state index contributed by atoms with van der Waals surface area (Å²) >= 11 is 0. The van der Waals surface area contributed by atoms with Gasteiger partial charge in [-0.05, 0) is 36.6 Å². The minimum absolute atomic E-state index is 0.162. The molecule has 3 N–H and O–H groups in total. The van der Waals surface area contributed by atoms with Gasteiger partial charge in [-0.25, -0.2) is 0 Å². The molecule has 0 radical (unpaired) electrons. The molecule has 4 nitrogen and oxygen atoms in total. The first kappa shape index (κ1) is 15.3. The zero-order valence-corrected chi connectivity index (χ0v) is 12.5. The molecule has 4 heteroatoms. The van der Waals surface area contributed by atoms with E-state index in [4.69, 9.17) is 9.84 Å². The average molecular weight is 278 g/mol. The summed E-state index contributed by atoms with van der Waals surface area (Å²) in [6.45, 7) is 4.78. The van der Waals surface area contributed by atoms with Gasteiger partial charge in [-0.2, -0.15) is 0 Å². The van der Waals surface area contributed by atoms with Crippen molar-refractivity contribution >= 4 is 0 Å². The Morgan fingerprint density at radius 3 is 3.00 bits per heavy atom. The monoisotopic (exact) mass is 278 g/mol. The standard InChI is InChI=1S/C16H26N2O2/c1-3-4-15-14-10-16(20-2)13(11-17-7-8-19)9-12(14)5-6-18-15/h9-10,15,17-19H,3-8,11H2,1-2H3. The molecule has 1 unspecified atom stereocenters. The van der Waals surface area contributed by atoms with E-state index in [0.717, 1.165) is 31.7 Å². The van der Waals surface area contributed by atoms with Gasteiger partial charge in [-0.15, -0.1) is 0 Å². The van der Waals surface area contributed by atoms with Gasteiger partial charge in [0.05, 0.1) is 13.7 Å². The first-order valence-corrected chi connectivity index (χ1v) is 7.54. The average Bonchev–Trinajstić information content (AvgIpc) is 2.47. The molecule has 1 atom stereocenters. The van der Waals surface area contributed by atoms with Gasteiger partial charge in [0.25, 0.3) is 0 Å². The number of aliphatic hydroxyl groups is 1. The second kappa shape index (κ2) is 7.62. The number of aliphatic hydroxyl groups excluding tert-OH is 1. The van der Waals surface area contributed by atoms with Gasteiger partial charge in [-0.1, -0.05) is 19.4 Å². The van der Waals surface area contributed by atoms with Crippen molar-refractivity contribution in [1.82, 2.24) is 10.6 Å². The van der Waals surface area contributed by atoms with Gasteiger partial charge in [0, 0.05) is 24.7 Å². The van der Waals surface area contributed by atoms with E-state index in [-0.39, 0.29) is 6.61 Å². The fourth-order valence-corrected chi connectivity index (χ4v) is 2.90. The number of hydrogen-bond donors (Lipinski definition) is 3. The Kier molecular flexibility index (Phi) is 5.83. The van der Waals surface area contributed by atoms with Gasteiger partial charge in [0.15, 0.2) is 0 Å². The quantitative estimate of drug-likeness (QED) is 0.665. The van der Waals surface area contributed by atoms with E-state index < -0.39 is 0 Å². The van der Waals surface area contributed by atoms with Crippen LogP contribution in [0, 0.1) is 0 Å². The molecule has 0 saturated carbocycles. The van der Waals surface area contributed by atoms with E-state index in [0.29, 0.717) is 12.6 Å². The lowest BCUT2D eigenvalue weighted by Gasteiger charge is -2.28. The predicted molar refractivity (Wildman–Crippen MR) is 81.1 cm³/mol. The third-order valence-corrected chi connectivity index (χ3v) is 3.88. The molecule has 1 aromatic rings. The van der Waals surface area contributed by atoms with Crippen LogP contribution in [-0.4, -0.2) is 31.9 Å². The van der Waals surface area contributed by atoms with Crippen molar-refractivity contribution in [2.45, 2.75) is 38.8 Å². The number of methoxy groups -OCH3 is 1. The molecule has 1 aliphatic rings. The fourth-order valence-electron chi connectivity index (χ4n) is 2.90. The van der Waals surface area contributed by atoms with Crippen LogP contribution in [-0.2, 0) is 13.0 Å². The summed E-state index contributed by atoms with van der Waals surface area (Å²) in [4.78, 5) is 0. The van der Waals surface area contributed by atoms with E-state index in [1.54, 1.807) is 7.11 Å². The van der Waals surface area contributed by atoms with E-state index in [9.17, 15) is 0 Å². The first-order valence-electron chi connectivity index (χ1n) is 7.54.